The van der Waals surface area contributed by atoms with Crippen LogP contribution >= 0.6 is 11.6 Å². The van der Waals surface area contributed by atoms with Crippen LogP contribution in [-0.2, 0) is 9.84 Å². The van der Waals surface area contributed by atoms with Gasteiger partial charge in [-0.2, -0.15) is 9.97 Å². The Morgan fingerprint density at radius 2 is 1.79 bits per heavy atom. The number of nitrogens with two attached hydrogens (primary N) is 1. The summed E-state index contributed by atoms with van der Waals surface area (Å²) in [5.74, 6) is 0.934. The van der Waals surface area contributed by atoms with E-state index in [2.05, 4.69) is 30.4 Å². The Hall–Kier alpha value is -3.32. The minimum absolute atomic E-state index is 0.0252. The highest BCUT2D eigenvalue weighted by Gasteiger charge is 2.24. The van der Waals surface area contributed by atoms with Gasteiger partial charge >= 0.3 is 0 Å². The van der Waals surface area contributed by atoms with E-state index in [-0.39, 0.29) is 34.1 Å². The zero-order valence-corrected chi connectivity index (χ0v) is 23.8. The zero-order chi connectivity index (χ0) is 28.2. The van der Waals surface area contributed by atoms with Gasteiger partial charge in [0.25, 0.3) is 0 Å². The fraction of sp³-hybridized carbons (Fsp3) is 0.385. The Bertz CT molecular complexity index is 1410. The Kier molecular flexibility index (Phi) is 9.01. The Balaban J connectivity index is 1.58. The van der Waals surface area contributed by atoms with Gasteiger partial charge in [0.2, 0.25) is 5.95 Å². The van der Waals surface area contributed by atoms with E-state index in [4.69, 9.17) is 22.1 Å². The molecule has 11 nitrogen and oxygen atoms in total. The van der Waals surface area contributed by atoms with E-state index in [1.807, 2.05) is 18.2 Å². The molecule has 1 aliphatic rings. The minimum Gasteiger partial charge on any atom is -0.494 e. The van der Waals surface area contributed by atoms with Gasteiger partial charge in [0.05, 0.1) is 35.2 Å². The highest BCUT2D eigenvalue weighted by atomic mass is 35.5. The van der Waals surface area contributed by atoms with Crippen LogP contribution in [0, 0.1) is 0 Å². The quantitative estimate of drug-likeness (QED) is 0.282. The molecule has 0 spiro atoms. The van der Waals surface area contributed by atoms with Crippen molar-refractivity contribution in [3.05, 3.63) is 47.5 Å². The van der Waals surface area contributed by atoms with E-state index >= 15 is 0 Å². The van der Waals surface area contributed by atoms with E-state index in [0.29, 0.717) is 23.7 Å². The van der Waals surface area contributed by atoms with Gasteiger partial charge in [0, 0.05) is 44.5 Å². The molecule has 3 aromatic rings. The standard InChI is InChI=1S/C26H34ClN7O4S/c1-17(2)39(36,37)22-7-5-4-6-20(22)29-25-23(27)24(28)31-26(32-25)30-19-9-8-18(16-21(19)38-3)34-12-10-33(11-13-34)14-15-35/h4-9,16-17,35H,10-15H2,1-3H3,(H4,28,29,30,31,32). The normalized spacial score (nSPS) is 14.5. The second kappa shape index (κ2) is 12.2. The highest BCUT2D eigenvalue weighted by molar-refractivity contribution is 7.92. The van der Waals surface area contributed by atoms with E-state index in [9.17, 15) is 13.5 Å². The number of nitrogens with one attached hydrogen (secondary N) is 2. The van der Waals surface area contributed by atoms with Crippen LogP contribution < -0.4 is 26.0 Å². The van der Waals surface area contributed by atoms with Crippen molar-refractivity contribution >= 4 is 56.1 Å². The number of sulfone groups is 1. The molecule has 0 saturated carbocycles. The predicted octanol–water partition coefficient (Wildman–Crippen LogP) is 3.50. The molecule has 0 radical (unpaired) electrons. The lowest BCUT2D eigenvalue weighted by molar-refractivity contribution is 0.189. The van der Waals surface area contributed by atoms with Gasteiger partial charge in [-0.3, -0.25) is 4.90 Å². The lowest BCUT2D eigenvalue weighted by atomic mass is 10.2. The van der Waals surface area contributed by atoms with Gasteiger partial charge < -0.3 is 31.1 Å². The molecule has 2 heterocycles. The smallest absolute Gasteiger partial charge is 0.231 e. The number of anilines is 6. The van der Waals surface area contributed by atoms with E-state index < -0.39 is 15.1 Å². The summed E-state index contributed by atoms with van der Waals surface area (Å²) in [7, 11) is -1.99. The Morgan fingerprint density at radius 1 is 1.08 bits per heavy atom. The fourth-order valence-electron chi connectivity index (χ4n) is 4.27. The van der Waals surface area contributed by atoms with Gasteiger partial charge in [-0.15, -0.1) is 0 Å². The maximum atomic E-state index is 12.9. The van der Waals surface area contributed by atoms with Crippen molar-refractivity contribution < 1.29 is 18.3 Å². The molecule has 0 unspecified atom stereocenters. The van der Waals surface area contributed by atoms with Crippen molar-refractivity contribution in [3.63, 3.8) is 0 Å². The molecule has 5 N–H and O–H groups in total. The summed E-state index contributed by atoms with van der Waals surface area (Å²) in [5, 5.41) is 14.8. The number of piperazine rings is 1. The van der Waals surface area contributed by atoms with Crippen molar-refractivity contribution in [3.8, 4) is 5.75 Å². The molecule has 0 amide bonds. The number of nitrogens with zero attached hydrogens (tertiary/aromatic N) is 4. The summed E-state index contributed by atoms with van der Waals surface area (Å²) < 4.78 is 31.4. The third kappa shape index (κ3) is 6.47. The van der Waals surface area contributed by atoms with Crippen molar-refractivity contribution in [1.82, 2.24) is 14.9 Å². The zero-order valence-electron chi connectivity index (χ0n) is 22.2. The minimum atomic E-state index is -3.57. The lowest BCUT2D eigenvalue weighted by Gasteiger charge is -2.36. The van der Waals surface area contributed by atoms with Crippen LogP contribution in [0.5, 0.6) is 5.75 Å². The molecule has 0 bridgehead atoms. The Labute approximate surface area is 233 Å². The highest BCUT2D eigenvalue weighted by Crippen LogP contribution is 2.35. The molecule has 2 aromatic carbocycles. The number of ether oxygens (including phenoxy) is 1. The number of benzene rings is 2. The molecule has 0 atom stereocenters. The number of methoxy groups -OCH3 is 1. The van der Waals surface area contributed by atoms with E-state index in [1.165, 1.54) is 6.07 Å². The molecule has 0 aliphatic carbocycles. The van der Waals surface area contributed by atoms with Crippen molar-refractivity contribution in [1.29, 1.82) is 0 Å². The summed E-state index contributed by atoms with van der Waals surface area (Å²) in [4.78, 5) is 13.4. The fourth-order valence-corrected chi connectivity index (χ4v) is 5.61. The molecule has 1 fully saturated rings. The maximum Gasteiger partial charge on any atom is 0.231 e. The average Bonchev–Trinajstić information content (AvgIpc) is 2.92. The summed E-state index contributed by atoms with van der Waals surface area (Å²) in [6.07, 6.45) is 0. The Morgan fingerprint density at radius 3 is 2.46 bits per heavy atom. The van der Waals surface area contributed by atoms with E-state index in [1.54, 1.807) is 39.2 Å². The SMILES string of the molecule is COc1cc(N2CCN(CCO)CC2)ccc1Nc1nc(N)c(Cl)c(Nc2ccccc2S(=O)(=O)C(C)C)n1. The number of para-hydroxylation sites is 1. The largest absolute Gasteiger partial charge is 0.494 e. The van der Waals surface area contributed by atoms with Crippen molar-refractivity contribution in [2.75, 3.05) is 67.7 Å². The number of hydrogen-bond acceptors (Lipinski definition) is 11. The van der Waals surface area contributed by atoms with Crippen LogP contribution in [0.15, 0.2) is 47.4 Å². The maximum absolute atomic E-state index is 12.9. The number of nitrogen functional groups attached to an aromatic ring is 1. The van der Waals surface area contributed by atoms with Gasteiger partial charge in [0.1, 0.15) is 16.6 Å². The first-order valence-electron chi connectivity index (χ1n) is 12.6. The molecule has 210 valence electrons. The first-order valence-corrected chi connectivity index (χ1v) is 14.5. The number of aliphatic hydroxyl groups excluding tert-OH is 1. The molecule has 4 rings (SSSR count). The van der Waals surface area contributed by atoms with Gasteiger partial charge in [-0.05, 0) is 38.1 Å². The molecular formula is C26H34ClN7O4S. The van der Waals surface area contributed by atoms with Crippen LogP contribution in [0.25, 0.3) is 0 Å². The van der Waals surface area contributed by atoms with Crippen LogP contribution in [0.3, 0.4) is 0 Å². The number of hydrogen-bond donors (Lipinski definition) is 4. The molecular weight excluding hydrogens is 542 g/mol. The summed E-state index contributed by atoms with van der Waals surface area (Å²) in [6, 6.07) is 12.4. The predicted molar refractivity (Wildman–Crippen MR) is 156 cm³/mol. The average molecular weight is 576 g/mol. The van der Waals surface area contributed by atoms with Gasteiger partial charge in [-0.25, -0.2) is 8.42 Å². The molecule has 1 aliphatic heterocycles. The van der Waals surface area contributed by atoms with Crippen molar-refractivity contribution in [2.24, 2.45) is 0 Å². The van der Waals surface area contributed by atoms with Crippen molar-refractivity contribution in [2.45, 2.75) is 24.0 Å². The van der Waals surface area contributed by atoms with Crippen LogP contribution in [0.2, 0.25) is 5.02 Å². The number of aliphatic hydroxyl groups is 1. The summed E-state index contributed by atoms with van der Waals surface area (Å²) in [6.45, 7) is 7.52. The van der Waals surface area contributed by atoms with Gasteiger partial charge in [0.15, 0.2) is 15.7 Å². The second-order valence-corrected chi connectivity index (χ2v) is 12.2. The third-order valence-corrected chi connectivity index (χ3v) is 9.11. The van der Waals surface area contributed by atoms with E-state index in [0.717, 1.165) is 31.9 Å². The number of β-amino-alcohol motifs (C(OH)–C–C–N with tert-alkyl or cyclic N) is 1. The molecule has 1 aromatic heterocycles. The summed E-state index contributed by atoms with van der Waals surface area (Å²) in [5.41, 5.74) is 8.06. The topological polar surface area (TPSA) is 146 Å². The molecule has 1 saturated heterocycles. The monoisotopic (exact) mass is 575 g/mol. The summed E-state index contributed by atoms with van der Waals surface area (Å²) >= 11 is 6.41. The second-order valence-electron chi connectivity index (χ2n) is 9.37. The first kappa shape index (κ1) is 28.7. The first-order chi connectivity index (χ1) is 18.6. The lowest BCUT2D eigenvalue weighted by Crippen LogP contribution is -2.47. The number of aromatic nitrogens is 2. The number of halogens is 1. The van der Waals surface area contributed by atoms with Crippen LogP contribution in [0.1, 0.15) is 13.8 Å². The van der Waals surface area contributed by atoms with Gasteiger partial charge in [-0.1, -0.05) is 23.7 Å². The van der Waals surface area contributed by atoms with Crippen LogP contribution in [-0.4, -0.2) is 80.1 Å². The molecule has 39 heavy (non-hydrogen) atoms. The molecule has 13 heteroatoms. The van der Waals surface area contributed by atoms with Crippen LogP contribution in [0.4, 0.5) is 34.6 Å². The third-order valence-electron chi connectivity index (χ3n) is 6.53. The number of rotatable bonds is 10.